The third-order valence-electron chi connectivity index (χ3n) is 2.46. The van der Waals surface area contributed by atoms with Crippen LogP contribution in [0.4, 0.5) is 0 Å². The number of halogens is 2. The van der Waals surface area contributed by atoms with E-state index in [1.165, 1.54) is 6.92 Å². The van der Waals surface area contributed by atoms with Gasteiger partial charge in [0.25, 0.3) is 0 Å². The summed E-state index contributed by atoms with van der Waals surface area (Å²) in [5, 5.41) is 22.5. The predicted molar refractivity (Wildman–Crippen MR) is 76.1 cm³/mol. The molecule has 1 rings (SSSR count). The minimum atomic E-state index is -0.995. The monoisotopic (exact) mass is 379 g/mol. The van der Waals surface area contributed by atoms with Crippen molar-refractivity contribution in [3.05, 3.63) is 32.7 Å². The molecule has 100 valence electrons. The van der Waals surface area contributed by atoms with Crippen LogP contribution in [0, 0.1) is 0 Å². The van der Waals surface area contributed by atoms with Crippen LogP contribution in [0.15, 0.2) is 27.1 Å². The first kappa shape index (κ1) is 15.6. The molecule has 0 aliphatic carbocycles. The van der Waals surface area contributed by atoms with Crippen molar-refractivity contribution >= 4 is 37.8 Å². The maximum Gasteiger partial charge on any atom is 0.216 e. The fraction of sp³-hybridized carbons (Fsp3) is 0.417. The lowest BCUT2D eigenvalue weighted by molar-refractivity contribution is -0.119. The molecule has 0 radical (unpaired) electrons. The molecule has 6 heteroatoms. The Morgan fingerprint density at radius 3 is 2.67 bits per heavy atom. The van der Waals surface area contributed by atoms with Crippen LogP contribution >= 0.6 is 31.9 Å². The van der Waals surface area contributed by atoms with E-state index >= 15 is 0 Å². The second-order valence-corrected chi connectivity index (χ2v) is 5.72. The van der Waals surface area contributed by atoms with E-state index in [4.69, 9.17) is 0 Å². The van der Waals surface area contributed by atoms with Gasteiger partial charge >= 0.3 is 0 Å². The Morgan fingerprint density at radius 2 is 2.06 bits per heavy atom. The molecule has 0 saturated carbocycles. The molecule has 3 N–H and O–H groups in total. The molecule has 1 amide bonds. The molecule has 2 atom stereocenters. The van der Waals surface area contributed by atoms with Crippen LogP contribution in [0.2, 0.25) is 0 Å². The van der Waals surface area contributed by atoms with E-state index in [0.29, 0.717) is 18.5 Å². The number of carbonyl (C=O) groups is 1. The highest BCUT2D eigenvalue weighted by Crippen LogP contribution is 2.29. The van der Waals surface area contributed by atoms with Crippen molar-refractivity contribution in [2.24, 2.45) is 0 Å². The Hall–Kier alpha value is -0.430. The summed E-state index contributed by atoms with van der Waals surface area (Å²) in [4.78, 5) is 10.7. The van der Waals surface area contributed by atoms with Gasteiger partial charge in [-0.25, -0.2) is 0 Å². The molecule has 1 aromatic carbocycles. The van der Waals surface area contributed by atoms with E-state index < -0.39 is 12.2 Å². The van der Waals surface area contributed by atoms with Crippen molar-refractivity contribution in [1.29, 1.82) is 0 Å². The molecule has 0 spiro atoms. The highest BCUT2D eigenvalue weighted by molar-refractivity contribution is 9.11. The van der Waals surface area contributed by atoms with Gasteiger partial charge < -0.3 is 15.5 Å². The lowest BCUT2D eigenvalue weighted by Crippen LogP contribution is -2.27. The molecule has 0 aliphatic heterocycles. The third-order valence-corrected chi connectivity index (χ3v) is 3.67. The summed E-state index contributed by atoms with van der Waals surface area (Å²) in [5.74, 6) is -0.152. The lowest BCUT2D eigenvalue weighted by Gasteiger charge is -2.19. The Bertz CT molecular complexity index is 426. The second kappa shape index (κ2) is 7.23. The quantitative estimate of drug-likeness (QED) is 0.732. The van der Waals surface area contributed by atoms with Crippen LogP contribution in [-0.2, 0) is 4.79 Å². The number of aliphatic hydroxyl groups is 2. The number of rotatable bonds is 5. The Labute approximate surface area is 123 Å². The number of nitrogens with one attached hydrogen (secondary N) is 1. The zero-order chi connectivity index (χ0) is 13.7. The van der Waals surface area contributed by atoms with Crippen LogP contribution < -0.4 is 5.32 Å². The minimum absolute atomic E-state index is 0.152. The van der Waals surface area contributed by atoms with Crippen molar-refractivity contribution < 1.29 is 15.0 Å². The first-order valence-corrected chi connectivity index (χ1v) is 7.06. The van der Waals surface area contributed by atoms with E-state index in [1.54, 1.807) is 12.1 Å². The number of aliphatic hydroxyl groups excluding tert-OH is 2. The van der Waals surface area contributed by atoms with Crippen LogP contribution in [0.3, 0.4) is 0 Å². The van der Waals surface area contributed by atoms with Gasteiger partial charge in [0.15, 0.2) is 0 Å². The fourth-order valence-corrected chi connectivity index (χ4v) is 2.36. The molecular formula is C12H15Br2NO3. The predicted octanol–water partition coefficient (Wildman–Crippen LogP) is 2.13. The zero-order valence-corrected chi connectivity index (χ0v) is 13.0. The molecule has 18 heavy (non-hydrogen) atoms. The molecule has 0 aromatic heterocycles. The maximum atomic E-state index is 10.7. The number of benzene rings is 1. The van der Waals surface area contributed by atoms with Crippen molar-refractivity contribution in [1.82, 2.24) is 5.32 Å². The van der Waals surface area contributed by atoms with Crippen molar-refractivity contribution in [2.45, 2.75) is 25.6 Å². The maximum absolute atomic E-state index is 10.7. The summed E-state index contributed by atoms with van der Waals surface area (Å²) in [6.45, 7) is 1.74. The number of amides is 1. The zero-order valence-electron chi connectivity index (χ0n) is 9.86. The van der Waals surface area contributed by atoms with Gasteiger partial charge in [0.05, 0.1) is 6.10 Å². The first-order chi connectivity index (χ1) is 8.41. The fourth-order valence-electron chi connectivity index (χ4n) is 1.50. The molecule has 0 fully saturated rings. The van der Waals surface area contributed by atoms with Gasteiger partial charge in [-0.3, -0.25) is 4.79 Å². The minimum Gasteiger partial charge on any atom is -0.390 e. The van der Waals surface area contributed by atoms with Crippen LogP contribution in [0.5, 0.6) is 0 Å². The second-order valence-electron chi connectivity index (χ2n) is 3.95. The van der Waals surface area contributed by atoms with Gasteiger partial charge in [-0.05, 0) is 30.2 Å². The third kappa shape index (κ3) is 4.68. The average Bonchev–Trinajstić information content (AvgIpc) is 2.30. The molecule has 2 unspecified atom stereocenters. The summed E-state index contributed by atoms with van der Waals surface area (Å²) < 4.78 is 1.56. The molecule has 1 aromatic rings. The summed E-state index contributed by atoms with van der Waals surface area (Å²) in [7, 11) is 0. The van der Waals surface area contributed by atoms with Crippen molar-refractivity contribution in [3.8, 4) is 0 Å². The van der Waals surface area contributed by atoms with Crippen molar-refractivity contribution in [3.63, 3.8) is 0 Å². The van der Waals surface area contributed by atoms with Gasteiger partial charge in [-0.15, -0.1) is 0 Å². The highest BCUT2D eigenvalue weighted by atomic mass is 79.9. The van der Waals surface area contributed by atoms with Crippen LogP contribution in [0.1, 0.15) is 25.0 Å². The Kier molecular flexibility index (Phi) is 6.28. The van der Waals surface area contributed by atoms with E-state index in [1.807, 2.05) is 6.07 Å². The Balaban J connectivity index is 2.64. The normalized spacial score (nSPS) is 14.1. The van der Waals surface area contributed by atoms with Gasteiger partial charge in [-0.1, -0.05) is 31.9 Å². The average molecular weight is 381 g/mol. The molecule has 0 aliphatic rings. The van der Waals surface area contributed by atoms with Gasteiger partial charge in [0, 0.05) is 22.4 Å². The molecule has 4 nitrogen and oxygen atoms in total. The SMILES string of the molecule is CC(=O)NCCC(O)C(O)c1cc(Br)ccc1Br. The lowest BCUT2D eigenvalue weighted by atomic mass is 10.0. The topological polar surface area (TPSA) is 69.6 Å². The summed E-state index contributed by atoms with van der Waals surface area (Å²) in [6, 6.07) is 5.38. The van der Waals surface area contributed by atoms with E-state index in [0.717, 1.165) is 8.95 Å². The number of carbonyl (C=O) groups excluding carboxylic acids is 1. The molecule has 0 saturated heterocycles. The molecule has 0 bridgehead atoms. The van der Waals surface area contributed by atoms with Crippen LogP contribution in [0.25, 0.3) is 0 Å². The smallest absolute Gasteiger partial charge is 0.216 e. The standard InChI is InChI=1S/C12H15Br2NO3/c1-7(16)15-5-4-11(17)12(18)9-6-8(13)2-3-10(9)14/h2-3,6,11-12,17-18H,4-5H2,1H3,(H,15,16). The number of hydrogen-bond acceptors (Lipinski definition) is 3. The first-order valence-electron chi connectivity index (χ1n) is 5.47. The molecule has 0 heterocycles. The summed E-state index contributed by atoms with van der Waals surface area (Å²) in [6.07, 6.45) is -1.63. The Morgan fingerprint density at radius 1 is 1.39 bits per heavy atom. The van der Waals surface area contributed by atoms with Gasteiger partial charge in [0.2, 0.25) is 5.91 Å². The van der Waals surface area contributed by atoms with Gasteiger partial charge in [-0.2, -0.15) is 0 Å². The van der Waals surface area contributed by atoms with E-state index in [-0.39, 0.29) is 5.91 Å². The largest absolute Gasteiger partial charge is 0.390 e. The van der Waals surface area contributed by atoms with Crippen LogP contribution in [-0.4, -0.2) is 28.8 Å². The summed E-state index contributed by atoms with van der Waals surface area (Å²) in [5.41, 5.74) is 0.611. The summed E-state index contributed by atoms with van der Waals surface area (Å²) >= 11 is 6.64. The van der Waals surface area contributed by atoms with Gasteiger partial charge in [0.1, 0.15) is 6.10 Å². The van der Waals surface area contributed by atoms with E-state index in [9.17, 15) is 15.0 Å². The number of hydrogen-bond donors (Lipinski definition) is 3. The van der Waals surface area contributed by atoms with E-state index in [2.05, 4.69) is 37.2 Å². The van der Waals surface area contributed by atoms with Crippen molar-refractivity contribution in [2.75, 3.05) is 6.54 Å². The molecular weight excluding hydrogens is 366 g/mol. The highest BCUT2D eigenvalue weighted by Gasteiger charge is 2.20.